The van der Waals surface area contributed by atoms with E-state index in [1.165, 1.54) is 11.1 Å². The van der Waals surface area contributed by atoms with Crippen LogP contribution in [0.2, 0.25) is 0 Å². The quantitative estimate of drug-likeness (QED) is 0.598. The van der Waals surface area contributed by atoms with Gasteiger partial charge in [-0.1, -0.05) is 48.0 Å². The molecule has 158 valence electrons. The standard InChI is InChI=1S/C26H26N2O3/c1-17-6-5-8-19(14-17)20-12-13-28(16-20)21-10-11-24(23(15-21)26(30)31)27-25(29)22-9-4-3-7-18(22)2/h3-11,14-15,20H,12-13,16H2,1-2H3,(H,27,29)(H,30,31)/t20-/m1/s1. The minimum absolute atomic E-state index is 0.0958. The molecule has 0 aromatic heterocycles. The molecule has 0 bridgehead atoms. The summed E-state index contributed by atoms with van der Waals surface area (Å²) in [6.45, 7) is 5.66. The van der Waals surface area contributed by atoms with Gasteiger partial charge in [-0.3, -0.25) is 4.79 Å². The number of carbonyl (C=O) groups is 2. The number of benzene rings is 3. The Kier molecular flexibility index (Phi) is 5.76. The lowest BCUT2D eigenvalue weighted by atomic mass is 9.97. The Morgan fingerprint density at radius 3 is 2.52 bits per heavy atom. The number of carbonyl (C=O) groups excluding carboxylic acids is 1. The fraction of sp³-hybridized carbons (Fsp3) is 0.231. The number of aryl methyl sites for hydroxylation is 2. The van der Waals surface area contributed by atoms with Gasteiger partial charge in [0.15, 0.2) is 0 Å². The van der Waals surface area contributed by atoms with E-state index in [0.29, 0.717) is 17.2 Å². The van der Waals surface area contributed by atoms with E-state index in [0.717, 1.165) is 30.8 Å². The summed E-state index contributed by atoms with van der Waals surface area (Å²) in [6.07, 6.45) is 1.03. The number of amides is 1. The minimum Gasteiger partial charge on any atom is -0.478 e. The molecule has 3 aromatic rings. The second-order valence-corrected chi connectivity index (χ2v) is 8.15. The van der Waals surface area contributed by atoms with Gasteiger partial charge in [0.25, 0.3) is 5.91 Å². The maximum Gasteiger partial charge on any atom is 0.337 e. The summed E-state index contributed by atoms with van der Waals surface area (Å²) < 4.78 is 0. The number of hydrogen-bond acceptors (Lipinski definition) is 3. The highest BCUT2D eigenvalue weighted by molar-refractivity contribution is 6.08. The van der Waals surface area contributed by atoms with Crippen molar-refractivity contribution in [1.82, 2.24) is 0 Å². The van der Waals surface area contributed by atoms with Crippen LogP contribution in [0.4, 0.5) is 11.4 Å². The van der Waals surface area contributed by atoms with E-state index in [2.05, 4.69) is 41.4 Å². The normalized spacial score (nSPS) is 15.7. The van der Waals surface area contributed by atoms with Gasteiger partial charge in [0, 0.05) is 30.3 Å². The zero-order valence-electron chi connectivity index (χ0n) is 17.8. The van der Waals surface area contributed by atoms with E-state index in [1.807, 2.05) is 25.1 Å². The predicted molar refractivity (Wildman–Crippen MR) is 123 cm³/mol. The summed E-state index contributed by atoms with van der Waals surface area (Å²) in [5.74, 6) is -0.945. The van der Waals surface area contributed by atoms with Crippen LogP contribution < -0.4 is 10.2 Å². The third-order valence-corrected chi connectivity index (χ3v) is 5.94. The summed E-state index contributed by atoms with van der Waals surface area (Å²) in [5, 5.41) is 12.5. The van der Waals surface area contributed by atoms with E-state index < -0.39 is 5.97 Å². The highest BCUT2D eigenvalue weighted by atomic mass is 16.4. The molecule has 1 aliphatic heterocycles. The van der Waals surface area contributed by atoms with E-state index in [4.69, 9.17) is 0 Å². The molecule has 0 spiro atoms. The first-order valence-corrected chi connectivity index (χ1v) is 10.5. The molecule has 1 heterocycles. The number of carboxylic acid groups (broad SMARTS) is 1. The first-order valence-electron chi connectivity index (χ1n) is 10.5. The molecule has 0 aliphatic carbocycles. The van der Waals surface area contributed by atoms with Crippen molar-refractivity contribution >= 4 is 23.3 Å². The smallest absolute Gasteiger partial charge is 0.337 e. The first kappa shape index (κ1) is 20.7. The lowest BCUT2D eigenvalue weighted by molar-refractivity contribution is 0.0698. The molecule has 5 nitrogen and oxygen atoms in total. The fourth-order valence-electron chi connectivity index (χ4n) is 4.22. The van der Waals surface area contributed by atoms with Crippen LogP contribution in [0.3, 0.4) is 0 Å². The third-order valence-electron chi connectivity index (χ3n) is 5.94. The number of nitrogens with one attached hydrogen (secondary N) is 1. The molecular weight excluding hydrogens is 388 g/mol. The van der Waals surface area contributed by atoms with Gasteiger partial charge in [-0.05, 0) is 55.7 Å². The van der Waals surface area contributed by atoms with Crippen LogP contribution in [0.1, 0.15) is 49.7 Å². The van der Waals surface area contributed by atoms with Gasteiger partial charge < -0.3 is 15.3 Å². The van der Waals surface area contributed by atoms with Crippen molar-refractivity contribution in [2.24, 2.45) is 0 Å². The topological polar surface area (TPSA) is 69.6 Å². The monoisotopic (exact) mass is 414 g/mol. The van der Waals surface area contributed by atoms with Gasteiger partial charge >= 0.3 is 5.97 Å². The first-order chi connectivity index (χ1) is 14.9. The second kappa shape index (κ2) is 8.64. The van der Waals surface area contributed by atoms with Crippen LogP contribution in [0.5, 0.6) is 0 Å². The molecule has 1 fully saturated rings. The lowest BCUT2D eigenvalue weighted by Gasteiger charge is -2.21. The largest absolute Gasteiger partial charge is 0.478 e. The van der Waals surface area contributed by atoms with Crippen molar-refractivity contribution in [2.45, 2.75) is 26.2 Å². The van der Waals surface area contributed by atoms with Crippen LogP contribution >= 0.6 is 0 Å². The van der Waals surface area contributed by atoms with Crippen molar-refractivity contribution in [1.29, 1.82) is 0 Å². The molecule has 0 radical (unpaired) electrons. The molecule has 1 atom stereocenters. The van der Waals surface area contributed by atoms with Crippen molar-refractivity contribution in [2.75, 3.05) is 23.3 Å². The van der Waals surface area contributed by atoms with Crippen LogP contribution in [0.15, 0.2) is 66.7 Å². The highest BCUT2D eigenvalue weighted by Crippen LogP contribution is 2.33. The fourth-order valence-corrected chi connectivity index (χ4v) is 4.22. The molecular formula is C26H26N2O3. The molecule has 1 saturated heterocycles. The molecule has 0 unspecified atom stereocenters. The van der Waals surface area contributed by atoms with E-state index in [-0.39, 0.29) is 11.5 Å². The Balaban J connectivity index is 1.55. The number of hydrogen-bond donors (Lipinski definition) is 2. The molecule has 1 aliphatic rings. The Bertz CT molecular complexity index is 1140. The molecule has 0 saturated carbocycles. The van der Waals surface area contributed by atoms with Crippen LogP contribution in [0, 0.1) is 13.8 Å². The van der Waals surface area contributed by atoms with Gasteiger partial charge in [0.2, 0.25) is 0 Å². The van der Waals surface area contributed by atoms with Gasteiger partial charge in [-0.2, -0.15) is 0 Å². The molecule has 5 heteroatoms. The number of carboxylic acids is 1. The zero-order chi connectivity index (χ0) is 22.0. The Hall–Kier alpha value is -3.60. The molecule has 4 rings (SSSR count). The van der Waals surface area contributed by atoms with Gasteiger partial charge in [0.1, 0.15) is 0 Å². The third kappa shape index (κ3) is 4.45. The maximum atomic E-state index is 12.7. The molecule has 3 aromatic carbocycles. The Labute approximate surface area is 182 Å². The minimum atomic E-state index is -1.06. The lowest BCUT2D eigenvalue weighted by Crippen LogP contribution is -2.21. The SMILES string of the molecule is Cc1cccc([C@@H]2CCN(c3ccc(NC(=O)c4ccccc4C)c(C(=O)O)c3)C2)c1. The van der Waals surface area contributed by atoms with E-state index >= 15 is 0 Å². The summed E-state index contributed by atoms with van der Waals surface area (Å²) in [5.41, 5.74) is 5.20. The highest BCUT2D eigenvalue weighted by Gasteiger charge is 2.25. The summed E-state index contributed by atoms with van der Waals surface area (Å²) in [4.78, 5) is 26.8. The second-order valence-electron chi connectivity index (χ2n) is 8.15. The van der Waals surface area contributed by atoms with Crippen molar-refractivity contribution in [3.63, 3.8) is 0 Å². The van der Waals surface area contributed by atoms with Gasteiger partial charge in [-0.25, -0.2) is 4.79 Å². The zero-order valence-corrected chi connectivity index (χ0v) is 17.8. The Morgan fingerprint density at radius 1 is 0.968 bits per heavy atom. The average molecular weight is 415 g/mol. The van der Waals surface area contributed by atoms with Crippen molar-refractivity contribution < 1.29 is 14.7 Å². The number of aromatic carboxylic acids is 1. The molecule has 1 amide bonds. The van der Waals surface area contributed by atoms with Crippen molar-refractivity contribution in [3.8, 4) is 0 Å². The van der Waals surface area contributed by atoms with E-state index in [1.54, 1.807) is 24.3 Å². The number of nitrogens with zero attached hydrogens (tertiary/aromatic N) is 1. The molecule has 2 N–H and O–H groups in total. The van der Waals surface area contributed by atoms with Gasteiger partial charge in [-0.15, -0.1) is 0 Å². The van der Waals surface area contributed by atoms with Gasteiger partial charge in [0.05, 0.1) is 11.3 Å². The number of rotatable bonds is 5. The predicted octanol–water partition coefficient (Wildman–Crippen LogP) is 5.25. The van der Waals surface area contributed by atoms with Crippen LogP contribution in [-0.4, -0.2) is 30.1 Å². The average Bonchev–Trinajstić information content (AvgIpc) is 3.24. The Morgan fingerprint density at radius 2 is 1.77 bits per heavy atom. The van der Waals surface area contributed by atoms with Crippen LogP contribution in [0.25, 0.3) is 0 Å². The summed E-state index contributed by atoms with van der Waals surface area (Å²) in [7, 11) is 0. The van der Waals surface area contributed by atoms with E-state index in [9.17, 15) is 14.7 Å². The van der Waals surface area contributed by atoms with Crippen molar-refractivity contribution in [3.05, 3.63) is 94.5 Å². The molecule has 31 heavy (non-hydrogen) atoms. The summed E-state index contributed by atoms with van der Waals surface area (Å²) >= 11 is 0. The maximum absolute atomic E-state index is 12.7. The summed E-state index contributed by atoms with van der Waals surface area (Å²) in [6, 6.07) is 21.0. The number of anilines is 2. The van der Waals surface area contributed by atoms with Crippen LogP contribution in [-0.2, 0) is 0 Å².